The summed E-state index contributed by atoms with van der Waals surface area (Å²) in [5.41, 5.74) is 2.30. The van der Waals surface area contributed by atoms with E-state index in [0.29, 0.717) is 5.92 Å². The Kier molecular flexibility index (Phi) is 2.41. The topological polar surface area (TPSA) is 35.8 Å². The fraction of sp³-hybridized carbons (Fsp3) is 0.417. The lowest BCUT2D eigenvalue weighted by atomic mass is 10.1. The molecule has 1 aromatic rings. The second-order valence-electron chi connectivity index (χ2n) is 3.95. The number of aryl methyl sites for hydroxylation is 1. The largest absolute Gasteiger partial charge is 0.370 e. The highest BCUT2D eigenvalue weighted by Gasteiger charge is 2.31. The Morgan fingerprint density at radius 3 is 2.50 bits per heavy atom. The van der Waals surface area contributed by atoms with E-state index in [-0.39, 0.29) is 6.04 Å². The Bertz CT molecular complexity index is 344. The van der Waals surface area contributed by atoms with E-state index in [9.17, 15) is 0 Å². The summed E-state index contributed by atoms with van der Waals surface area (Å²) in [6, 6.07) is 10.5. The van der Waals surface area contributed by atoms with Crippen LogP contribution in [-0.2, 0) is 0 Å². The summed E-state index contributed by atoms with van der Waals surface area (Å²) in [6.45, 7) is 2.06. The molecule has 0 heterocycles. The van der Waals surface area contributed by atoms with Gasteiger partial charge in [0.15, 0.2) is 0 Å². The molecule has 14 heavy (non-hydrogen) atoms. The van der Waals surface area contributed by atoms with Gasteiger partial charge in [-0.2, -0.15) is 5.26 Å². The molecule has 1 unspecified atom stereocenters. The fourth-order valence-electron chi connectivity index (χ4n) is 1.51. The molecule has 0 spiro atoms. The molecule has 2 nitrogen and oxygen atoms in total. The number of nitriles is 1. The summed E-state index contributed by atoms with van der Waals surface area (Å²) in [4.78, 5) is 0. The van der Waals surface area contributed by atoms with E-state index in [0.717, 1.165) is 5.69 Å². The molecular weight excluding hydrogens is 172 g/mol. The van der Waals surface area contributed by atoms with Crippen molar-refractivity contribution in [3.63, 3.8) is 0 Å². The first-order valence-corrected chi connectivity index (χ1v) is 5.02. The Balaban J connectivity index is 2.02. The molecule has 0 aromatic heterocycles. The van der Waals surface area contributed by atoms with Crippen molar-refractivity contribution in [3.05, 3.63) is 29.8 Å². The third-order valence-electron chi connectivity index (χ3n) is 2.61. The van der Waals surface area contributed by atoms with Gasteiger partial charge in [-0.15, -0.1) is 0 Å². The first kappa shape index (κ1) is 9.08. The third-order valence-corrected chi connectivity index (χ3v) is 2.61. The number of hydrogen-bond acceptors (Lipinski definition) is 2. The van der Waals surface area contributed by atoms with Crippen LogP contribution >= 0.6 is 0 Å². The normalized spacial score (nSPS) is 17.1. The molecule has 1 aromatic carbocycles. The number of rotatable bonds is 3. The minimum atomic E-state index is -0.00212. The molecule has 0 amide bonds. The molecule has 72 valence electrons. The van der Waals surface area contributed by atoms with Crippen LogP contribution in [-0.4, -0.2) is 6.04 Å². The van der Waals surface area contributed by atoms with Crippen molar-refractivity contribution in [2.75, 3.05) is 5.32 Å². The van der Waals surface area contributed by atoms with Crippen LogP contribution in [0.5, 0.6) is 0 Å². The first-order chi connectivity index (χ1) is 6.79. The number of nitrogens with one attached hydrogen (secondary N) is 1. The highest BCUT2D eigenvalue weighted by Crippen LogP contribution is 2.33. The van der Waals surface area contributed by atoms with Crippen LogP contribution in [0.2, 0.25) is 0 Å². The molecule has 1 atom stereocenters. The average molecular weight is 186 g/mol. The van der Waals surface area contributed by atoms with E-state index in [2.05, 4.69) is 30.4 Å². The van der Waals surface area contributed by atoms with Gasteiger partial charge in [0.05, 0.1) is 6.07 Å². The Labute approximate surface area is 84.6 Å². The van der Waals surface area contributed by atoms with Gasteiger partial charge in [0.25, 0.3) is 0 Å². The number of nitrogens with zero attached hydrogens (tertiary/aromatic N) is 1. The molecule has 1 fully saturated rings. The molecule has 0 saturated heterocycles. The Hall–Kier alpha value is -1.49. The zero-order valence-electron chi connectivity index (χ0n) is 8.33. The fourth-order valence-corrected chi connectivity index (χ4v) is 1.51. The van der Waals surface area contributed by atoms with Crippen LogP contribution < -0.4 is 5.32 Å². The molecule has 1 N–H and O–H groups in total. The van der Waals surface area contributed by atoms with Gasteiger partial charge in [0.2, 0.25) is 0 Å². The summed E-state index contributed by atoms with van der Waals surface area (Å²) >= 11 is 0. The van der Waals surface area contributed by atoms with E-state index < -0.39 is 0 Å². The molecule has 2 rings (SSSR count). The van der Waals surface area contributed by atoms with Gasteiger partial charge >= 0.3 is 0 Å². The molecule has 2 heteroatoms. The smallest absolute Gasteiger partial charge is 0.117 e. The van der Waals surface area contributed by atoms with Gasteiger partial charge in [-0.25, -0.2) is 0 Å². The van der Waals surface area contributed by atoms with E-state index >= 15 is 0 Å². The Morgan fingerprint density at radius 2 is 2.00 bits per heavy atom. The SMILES string of the molecule is Cc1ccc(NC(C#N)C2CC2)cc1. The Morgan fingerprint density at radius 1 is 1.36 bits per heavy atom. The van der Waals surface area contributed by atoms with Gasteiger partial charge < -0.3 is 5.32 Å². The lowest BCUT2D eigenvalue weighted by molar-refractivity contribution is 0.767. The predicted octanol–water partition coefficient (Wildman–Crippen LogP) is 2.71. The van der Waals surface area contributed by atoms with Crippen molar-refractivity contribution < 1.29 is 0 Å². The van der Waals surface area contributed by atoms with Gasteiger partial charge in [-0.1, -0.05) is 17.7 Å². The van der Waals surface area contributed by atoms with Gasteiger partial charge in [0, 0.05) is 5.69 Å². The maximum absolute atomic E-state index is 8.94. The van der Waals surface area contributed by atoms with E-state index in [1.165, 1.54) is 18.4 Å². The number of anilines is 1. The van der Waals surface area contributed by atoms with Crippen LogP contribution in [0, 0.1) is 24.2 Å². The van der Waals surface area contributed by atoms with E-state index in [1.807, 2.05) is 12.1 Å². The first-order valence-electron chi connectivity index (χ1n) is 5.02. The minimum Gasteiger partial charge on any atom is -0.370 e. The van der Waals surface area contributed by atoms with Crippen LogP contribution in [0.15, 0.2) is 24.3 Å². The highest BCUT2D eigenvalue weighted by atomic mass is 14.9. The van der Waals surface area contributed by atoms with E-state index in [1.54, 1.807) is 0 Å². The second-order valence-corrected chi connectivity index (χ2v) is 3.95. The second kappa shape index (κ2) is 3.71. The number of benzene rings is 1. The molecule has 0 bridgehead atoms. The van der Waals surface area contributed by atoms with Crippen molar-refractivity contribution in [1.82, 2.24) is 0 Å². The third kappa shape index (κ3) is 2.05. The monoisotopic (exact) mass is 186 g/mol. The maximum atomic E-state index is 8.94. The van der Waals surface area contributed by atoms with Crippen molar-refractivity contribution in [1.29, 1.82) is 5.26 Å². The molecule has 0 aliphatic heterocycles. The molecule has 1 aliphatic carbocycles. The molecule has 1 saturated carbocycles. The molecule has 1 aliphatic rings. The van der Waals surface area contributed by atoms with Gasteiger partial charge in [-0.3, -0.25) is 0 Å². The summed E-state index contributed by atoms with van der Waals surface area (Å²) in [5, 5.41) is 12.2. The zero-order valence-corrected chi connectivity index (χ0v) is 8.33. The van der Waals surface area contributed by atoms with Crippen molar-refractivity contribution in [3.8, 4) is 6.07 Å². The molecule has 0 radical (unpaired) electrons. The van der Waals surface area contributed by atoms with Crippen molar-refractivity contribution in [2.24, 2.45) is 5.92 Å². The van der Waals surface area contributed by atoms with Crippen LogP contribution in [0.4, 0.5) is 5.69 Å². The number of hydrogen-bond donors (Lipinski definition) is 1. The summed E-state index contributed by atoms with van der Waals surface area (Å²) in [6.07, 6.45) is 2.38. The molecular formula is C12H14N2. The van der Waals surface area contributed by atoms with Crippen molar-refractivity contribution in [2.45, 2.75) is 25.8 Å². The lowest BCUT2D eigenvalue weighted by Gasteiger charge is -2.11. The summed E-state index contributed by atoms with van der Waals surface area (Å²) < 4.78 is 0. The minimum absolute atomic E-state index is 0.00212. The van der Waals surface area contributed by atoms with Crippen molar-refractivity contribution >= 4 is 5.69 Å². The van der Waals surface area contributed by atoms with Gasteiger partial charge in [0.1, 0.15) is 6.04 Å². The van der Waals surface area contributed by atoms with Crippen LogP contribution in [0.1, 0.15) is 18.4 Å². The van der Waals surface area contributed by atoms with Crippen LogP contribution in [0.3, 0.4) is 0 Å². The van der Waals surface area contributed by atoms with E-state index in [4.69, 9.17) is 5.26 Å². The summed E-state index contributed by atoms with van der Waals surface area (Å²) in [7, 11) is 0. The maximum Gasteiger partial charge on any atom is 0.117 e. The lowest BCUT2D eigenvalue weighted by Crippen LogP contribution is -2.19. The standard InChI is InChI=1S/C12H14N2/c1-9-2-6-11(7-3-9)14-12(8-13)10-4-5-10/h2-3,6-7,10,12,14H,4-5H2,1H3. The van der Waals surface area contributed by atoms with Gasteiger partial charge in [-0.05, 0) is 37.8 Å². The highest BCUT2D eigenvalue weighted by molar-refractivity contribution is 5.46. The van der Waals surface area contributed by atoms with Crippen LogP contribution in [0.25, 0.3) is 0 Å². The quantitative estimate of drug-likeness (QED) is 0.787. The summed E-state index contributed by atoms with van der Waals surface area (Å²) in [5.74, 6) is 0.571. The predicted molar refractivity (Wildman–Crippen MR) is 56.9 cm³/mol. The average Bonchev–Trinajstić information content (AvgIpc) is 3.01. The zero-order chi connectivity index (χ0) is 9.97.